The maximum Gasteiger partial charge on any atom is 0.251 e. The fraction of sp³-hybridized carbons (Fsp3) is 0.544. The lowest BCUT2D eigenvalue weighted by atomic mass is 9.85. The van der Waals surface area contributed by atoms with Crippen molar-refractivity contribution in [2.45, 2.75) is 129 Å². The van der Waals surface area contributed by atoms with Crippen LogP contribution in [0.25, 0.3) is 0 Å². The highest BCUT2D eigenvalue weighted by Gasteiger charge is 2.48. The third-order valence-corrected chi connectivity index (χ3v) is 14.3. The van der Waals surface area contributed by atoms with E-state index in [0.29, 0.717) is 5.56 Å². The summed E-state index contributed by atoms with van der Waals surface area (Å²) in [6, 6.07) is 17.9. The van der Waals surface area contributed by atoms with Crippen molar-refractivity contribution in [1.29, 1.82) is 0 Å². The van der Waals surface area contributed by atoms with Gasteiger partial charge in [-0.15, -0.1) is 0 Å². The highest BCUT2D eigenvalue weighted by Crippen LogP contribution is 2.33. The number of hydrogen-bond donors (Lipinski definition) is 7. The predicted octanol–water partition coefficient (Wildman–Crippen LogP) is 3.46. The van der Waals surface area contributed by atoms with Crippen molar-refractivity contribution in [3.8, 4) is 0 Å². The molecule has 76 heavy (non-hydrogen) atoms. The highest BCUT2D eigenvalue weighted by molar-refractivity contribution is 6.00. The standard InChI is InChI=1S/C57H81N9O10/c1-34(58-9)49(68)63-47(56(3,4)5)54(73)65-30-36(27-44(65)52(71)61-42(32-75-11)37-19-15-13-16-20-37)28-46(67)39-23-25-40(26-24-39)51(70)60-41-29-45(53(72)62-43(33-76-12)38-21-17-14-18-22-38)66(31-41)55(74)48(57(6,7)8)64-50(69)35(2)59-10/h13-26,34-36,41-45,47-48,58-59H,27-33H2,1-12H3,(H,60,70)(H,61,71)(H,62,72)(H,63,68)(H,64,69)/t34-,35-,36+,41-,42+,43+,44-,45-,47+,48+/m0/s1. The Morgan fingerprint density at radius 1 is 0.566 bits per heavy atom. The molecule has 0 bridgehead atoms. The molecule has 2 fully saturated rings. The van der Waals surface area contributed by atoms with E-state index in [0.717, 1.165) is 11.1 Å². The Labute approximate surface area is 448 Å². The number of methoxy groups -OCH3 is 2. The van der Waals surface area contributed by atoms with Crippen molar-refractivity contribution >= 4 is 47.1 Å². The Hall–Kier alpha value is -6.54. The fourth-order valence-corrected chi connectivity index (χ4v) is 9.56. The van der Waals surface area contributed by atoms with Crippen LogP contribution in [0.15, 0.2) is 84.9 Å². The molecule has 0 spiro atoms. The van der Waals surface area contributed by atoms with E-state index in [1.54, 1.807) is 40.1 Å². The van der Waals surface area contributed by atoms with E-state index >= 15 is 0 Å². The molecule has 5 rings (SSSR count). The van der Waals surface area contributed by atoms with Gasteiger partial charge in [0.15, 0.2) is 5.78 Å². The summed E-state index contributed by atoms with van der Waals surface area (Å²) >= 11 is 0. The van der Waals surface area contributed by atoms with E-state index in [1.165, 1.54) is 36.2 Å². The van der Waals surface area contributed by atoms with Crippen molar-refractivity contribution in [2.24, 2.45) is 16.7 Å². The molecule has 7 N–H and O–H groups in total. The highest BCUT2D eigenvalue weighted by atomic mass is 16.5. The average Bonchev–Trinajstić information content (AvgIpc) is 4.03. The predicted molar refractivity (Wildman–Crippen MR) is 289 cm³/mol. The van der Waals surface area contributed by atoms with Gasteiger partial charge in [0.1, 0.15) is 24.2 Å². The zero-order valence-corrected chi connectivity index (χ0v) is 46.3. The molecule has 0 radical (unpaired) electrons. The van der Waals surface area contributed by atoms with Crippen LogP contribution in [-0.4, -0.2) is 154 Å². The number of benzene rings is 3. The van der Waals surface area contributed by atoms with Crippen molar-refractivity contribution in [1.82, 2.24) is 47.0 Å². The van der Waals surface area contributed by atoms with Gasteiger partial charge in [-0.2, -0.15) is 0 Å². The van der Waals surface area contributed by atoms with Gasteiger partial charge < -0.3 is 56.5 Å². The lowest BCUT2D eigenvalue weighted by molar-refractivity contribution is -0.144. The second-order valence-corrected chi connectivity index (χ2v) is 22.2. The van der Waals surface area contributed by atoms with Gasteiger partial charge in [0, 0.05) is 50.9 Å². The van der Waals surface area contributed by atoms with E-state index in [-0.39, 0.29) is 68.7 Å². The first-order chi connectivity index (χ1) is 35.9. The number of hydrogen-bond acceptors (Lipinski definition) is 12. The smallest absolute Gasteiger partial charge is 0.251 e. The zero-order valence-electron chi connectivity index (χ0n) is 46.3. The Kier molecular flexibility index (Phi) is 21.4. The van der Waals surface area contributed by atoms with Crippen LogP contribution in [0.5, 0.6) is 0 Å². The number of Topliss-reactive ketones (excluding diaryl/α,β-unsaturated/α-hetero) is 1. The average molecular weight is 1050 g/mol. The molecule has 3 aromatic rings. The third-order valence-electron chi connectivity index (χ3n) is 14.3. The molecule has 2 saturated heterocycles. The van der Waals surface area contributed by atoms with Crippen LogP contribution in [0.4, 0.5) is 0 Å². The van der Waals surface area contributed by atoms with E-state index in [9.17, 15) is 38.4 Å². The number of carbonyl (C=O) groups is 8. The minimum atomic E-state index is -1.02. The number of likely N-dealkylation sites (tertiary alicyclic amines) is 2. The molecule has 0 unspecified atom stereocenters. The molecular weight excluding hydrogens is 971 g/mol. The van der Waals surface area contributed by atoms with Gasteiger partial charge in [0.25, 0.3) is 5.91 Å². The van der Waals surface area contributed by atoms with E-state index in [1.807, 2.05) is 102 Å². The number of likely N-dealkylation sites (N-methyl/N-ethyl adjacent to an activating group) is 2. The van der Waals surface area contributed by atoms with Gasteiger partial charge in [-0.25, -0.2) is 0 Å². The Bertz CT molecular complexity index is 2310. The number of ketones is 1. The second-order valence-electron chi connectivity index (χ2n) is 22.2. The molecule has 0 saturated carbocycles. The van der Waals surface area contributed by atoms with Gasteiger partial charge in [-0.3, -0.25) is 38.4 Å². The molecule has 3 aromatic carbocycles. The maximum absolute atomic E-state index is 14.6. The summed E-state index contributed by atoms with van der Waals surface area (Å²) in [5.41, 5.74) is 0.655. The summed E-state index contributed by atoms with van der Waals surface area (Å²) < 4.78 is 10.9. The second kappa shape index (κ2) is 27.0. The van der Waals surface area contributed by atoms with Gasteiger partial charge >= 0.3 is 0 Å². The summed E-state index contributed by atoms with van der Waals surface area (Å²) in [4.78, 5) is 115. The zero-order chi connectivity index (χ0) is 56.1. The first-order valence-electron chi connectivity index (χ1n) is 26.1. The Balaban J connectivity index is 1.34. The van der Waals surface area contributed by atoms with Crippen LogP contribution in [0, 0.1) is 16.7 Å². The molecule has 2 heterocycles. The molecule has 0 aliphatic carbocycles. The van der Waals surface area contributed by atoms with Crippen molar-refractivity contribution in [3.63, 3.8) is 0 Å². The molecule has 19 heteroatoms. The topological polar surface area (TPSA) is 246 Å². The summed E-state index contributed by atoms with van der Waals surface area (Å²) in [5, 5.41) is 20.7. The molecule has 414 valence electrons. The van der Waals surface area contributed by atoms with Crippen LogP contribution in [0.1, 0.15) is 119 Å². The number of rotatable bonds is 23. The minimum absolute atomic E-state index is 0.0165. The maximum atomic E-state index is 14.6. The first-order valence-corrected chi connectivity index (χ1v) is 26.1. The van der Waals surface area contributed by atoms with Crippen LogP contribution >= 0.6 is 0 Å². The lowest BCUT2D eigenvalue weighted by Crippen LogP contribution is -2.59. The normalized spacial score (nSPS) is 20.1. The number of nitrogens with zero attached hydrogens (tertiary/aromatic N) is 2. The largest absolute Gasteiger partial charge is 0.382 e. The van der Waals surface area contributed by atoms with E-state index in [2.05, 4.69) is 37.2 Å². The fourth-order valence-electron chi connectivity index (χ4n) is 9.56. The van der Waals surface area contributed by atoms with Crippen molar-refractivity contribution in [2.75, 3.05) is 54.6 Å². The summed E-state index contributed by atoms with van der Waals surface area (Å²) in [6.07, 6.45) is 0.230. The number of ether oxygens (including phenoxy) is 2. The monoisotopic (exact) mass is 1050 g/mol. The summed E-state index contributed by atoms with van der Waals surface area (Å²) in [7, 11) is 6.35. The van der Waals surface area contributed by atoms with E-state index < -0.39 is 101 Å². The molecule has 19 nitrogen and oxygen atoms in total. The molecule has 0 aromatic heterocycles. The number of amides is 7. The molecular formula is C57H81N9O10. The van der Waals surface area contributed by atoms with Gasteiger partial charge in [-0.1, -0.05) is 114 Å². The van der Waals surface area contributed by atoms with Gasteiger partial charge in [0.05, 0.1) is 37.4 Å². The van der Waals surface area contributed by atoms with Gasteiger partial charge in [0.2, 0.25) is 35.4 Å². The Morgan fingerprint density at radius 3 is 1.38 bits per heavy atom. The van der Waals surface area contributed by atoms with Crippen LogP contribution in [0.3, 0.4) is 0 Å². The third kappa shape index (κ3) is 15.8. The molecule has 7 amide bonds. The Morgan fingerprint density at radius 2 is 0.974 bits per heavy atom. The molecule has 2 aliphatic heterocycles. The minimum Gasteiger partial charge on any atom is -0.382 e. The molecule has 2 aliphatic rings. The number of nitrogens with one attached hydrogen (secondary N) is 7. The molecule has 10 atom stereocenters. The van der Waals surface area contributed by atoms with E-state index in [4.69, 9.17) is 9.47 Å². The van der Waals surface area contributed by atoms with Crippen molar-refractivity contribution in [3.05, 3.63) is 107 Å². The van der Waals surface area contributed by atoms with Crippen LogP contribution < -0.4 is 37.2 Å². The first kappa shape index (κ1) is 60.3. The lowest BCUT2D eigenvalue weighted by Gasteiger charge is -2.36. The number of carbonyl (C=O) groups excluding carboxylic acids is 8. The van der Waals surface area contributed by atoms with Crippen LogP contribution in [-0.2, 0) is 38.2 Å². The van der Waals surface area contributed by atoms with Crippen molar-refractivity contribution < 1.29 is 47.8 Å². The summed E-state index contributed by atoms with van der Waals surface area (Å²) in [5.74, 6) is -3.75. The summed E-state index contributed by atoms with van der Waals surface area (Å²) in [6.45, 7) is 14.7. The van der Waals surface area contributed by atoms with Gasteiger partial charge in [-0.05, 0) is 80.8 Å². The SMILES string of the molecule is CN[C@@H](C)C(=O)N[C@H](C(=O)N1C[C@@H](CC(=O)c2ccc(C(=O)N[C@H]3C[C@@H](C(=O)N[C@H](COC)c4ccccc4)N(C(=O)[C@@H](NC(=O)[C@H](C)NC)C(C)(C)C)C3)cc2)C[C@H]1C(=O)N[C@H](COC)c1ccccc1)C(C)(C)C. The van der Waals surface area contributed by atoms with Crippen LogP contribution in [0.2, 0.25) is 0 Å². The quantitative estimate of drug-likeness (QED) is 0.0676.